The quantitative estimate of drug-likeness (QED) is 0.0211. The minimum absolute atomic E-state index is 0.0276. The highest BCUT2D eigenvalue weighted by molar-refractivity contribution is 7.47. The number of ether oxygens (including phenoxy) is 2. The number of phosphoric ester groups is 1. The molecule has 2 unspecified atom stereocenters. The van der Waals surface area contributed by atoms with Crippen LogP contribution in [0.25, 0.3) is 0 Å². The molecule has 0 amide bonds. The van der Waals surface area contributed by atoms with Gasteiger partial charge in [0, 0.05) is 12.8 Å². The van der Waals surface area contributed by atoms with Crippen molar-refractivity contribution in [2.45, 2.75) is 328 Å². The van der Waals surface area contributed by atoms with Gasteiger partial charge in [-0.1, -0.05) is 335 Å². The molecule has 0 fully saturated rings. The van der Waals surface area contributed by atoms with Gasteiger partial charge in [0.2, 0.25) is 0 Å². The molecule has 10 heteroatoms. The summed E-state index contributed by atoms with van der Waals surface area (Å²) >= 11 is 0. The Morgan fingerprint density at radius 2 is 0.648 bits per heavy atom. The number of unbranched alkanes of at least 4 members (excludes halogenated alkanes) is 35. The van der Waals surface area contributed by atoms with Crippen molar-refractivity contribution in [3.05, 3.63) is 109 Å². The highest BCUT2D eigenvalue weighted by Gasteiger charge is 2.27. The smallest absolute Gasteiger partial charge is 0.462 e. The van der Waals surface area contributed by atoms with Crippen molar-refractivity contribution in [1.29, 1.82) is 0 Å². The molecule has 0 aliphatic carbocycles. The maximum atomic E-state index is 12.9. The van der Waals surface area contributed by atoms with Gasteiger partial charge in [0.25, 0.3) is 0 Å². The Morgan fingerprint density at radius 1 is 0.364 bits per heavy atom. The number of esters is 2. The van der Waals surface area contributed by atoms with E-state index in [4.69, 9.17) is 18.5 Å². The number of phosphoric acid groups is 1. The van der Waals surface area contributed by atoms with Gasteiger partial charge in [0.1, 0.15) is 19.8 Å². The maximum Gasteiger partial charge on any atom is 0.472 e. The lowest BCUT2D eigenvalue weighted by Crippen LogP contribution is -2.37. The number of hydrogen-bond donors (Lipinski definition) is 1. The zero-order valence-corrected chi connectivity index (χ0v) is 58.8. The van der Waals surface area contributed by atoms with Crippen LogP contribution in [0.4, 0.5) is 0 Å². The summed E-state index contributed by atoms with van der Waals surface area (Å²) in [6, 6.07) is 0. The molecular formula is C78H139NO8P+. The molecule has 9 nitrogen and oxygen atoms in total. The van der Waals surface area contributed by atoms with Crippen LogP contribution in [-0.4, -0.2) is 74.9 Å². The van der Waals surface area contributed by atoms with E-state index in [-0.39, 0.29) is 32.0 Å². The normalized spacial score (nSPS) is 13.8. The molecule has 0 heterocycles. The standard InChI is InChI=1S/C78H138NO8P/c1-6-8-10-12-14-16-18-20-22-24-26-28-30-32-34-35-36-37-38-39-40-41-42-43-45-47-49-51-53-55-57-59-61-63-65-67-69-71-78(81)87-76(75-86-88(82,83)85-73-72-79(3,4)5)74-84-77(80)70-68-66-64-62-60-58-56-54-52-50-48-46-44-33-31-29-27-25-23-21-19-17-15-13-11-9-7-2/h8,10,14,16,20,22,26,28,32,34,36-37,39-40,42-43,47,49,76H,6-7,9,11-13,15,17-19,21,23-25,27,29-31,33,35,38,41,44-46,48,50-75H2,1-5H3/p+1/b10-8-,16-14-,22-20-,28-26-,34-32-,37-36-,40-39-,43-42-,49-47-. The third kappa shape index (κ3) is 71.7. The van der Waals surface area contributed by atoms with E-state index >= 15 is 0 Å². The van der Waals surface area contributed by atoms with E-state index in [1.807, 2.05) is 21.1 Å². The second kappa shape index (κ2) is 68.0. The van der Waals surface area contributed by atoms with Crippen molar-refractivity contribution < 1.29 is 42.1 Å². The second-order valence-corrected chi connectivity index (χ2v) is 27.1. The summed E-state index contributed by atoms with van der Waals surface area (Å²) in [5.41, 5.74) is 0. The molecule has 1 N–H and O–H groups in total. The highest BCUT2D eigenvalue weighted by Crippen LogP contribution is 2.43. The van der Waals surface area contributed by atoms with Gasteiger partial charge in [0.15, 0.2) is 6.10 Å². The molecular weight excluding hydrogens is 1110 g/mol. The first kappa shape index (κ1) is 84.7. The summed E-state index contributed by atoms with van der Waals surface area (Å²) in [5, 5.41) is 0. The summed E-state index contributed by atoms with van der Waals surface area (Å²) in [4.78, 5) is 35.9. The van der Waals surface area contributed by atoms with E-state index in [1.54, 1.807) is 0 Å². The van der Waals surface area contributed by atoms with Crippen LogP contribution in [0.15, 0.2) is 109 Å². The fourth-order valence-electron chi connectivity index (χ4n) is 10.2. The summed E-state index contributed by atoms with van der Waals surface area (Å²) in [6.45, 7) is 4.35. The second-order valence-electron chi connectivity index (χ2n) is 25.6. The molecule has 0 saturated carbocycles. The predicted octanol–water partition coefficient (Wildman–Crippen LogP) is 24.1. The minimum Gasteiger partial charge on any atom is -0.462 e. The van der Waals surface area contributed by atoms with E-state index in [0.29, 0.717) is 17.4 Å². The average Bonchev–Trinajstić information content (AvgIpc) is 3.68. The third-order valence-electron chi connectivity index (χ3n) is 15.8. The van der Waals surface area contributed by atoms with Crippen LogP contribution in [0.5, 0.6) is 0 Å². The first-order valence-corrected chi connectivity index (χ1v) is 38.1. The Morgan fingerprint density at radius 3 is 0.966 bits per heavy atom. The molecule has 0 aliphatic rings. The van der Waals surface area contributed by atoms with Crippen molar-refractivity contribution in [3.8, 4) is 0 Å². The Bertz CT molecular complexity index is 1850. The lowest BCUT2D eigenvalue weighted by molar-refractivity contribution is -0.870. The van der Waals surface area contributed by atoms with E-state index in [9.17, 15) is 19.0 Å². The first-order valence-electron chi connectivity index (χ1n) is 36.6. The van der Waals surface area contributed by atoms with Crippen LogP contribution < -0.4 is 0 Å². The molecule has 0 spiro atoms. The van der Waals surface area contributed by atoms with Crippen molar-refractivity contribution >= 4 is 19.8 Å². The van der Waals surface area contributed by atoms with Gasteiger partial charge in [-0.15, -0.1) is 0 Å². The fraction of sp³-hybridized carbons (Fsp3) is 0.744. The van der Waals surface area contributed by atoms with Gasteiger partial charge in [-0.25, -0.2) is 4.57 Å². The molecule has 2 atom stereocenters. The molecule has 508 valence electrons. The molecule has 0 aromatic heterocycles. The summed E-state index contributed by atoms with van der Waals surface area (Å²) in [6.07, 6.45) is 96.3. The number of rotatable bonds is 67. The largest absolute Gasteiger partial charge is 0.472 e. The van der Waals surface area contributed by atoms with Crippen molar-refractivity contribution in [2.24, 2.45) is 0 Å². The first-order chi connectivity index (χ1) is 43.0. The van der Waals surface area contributed by atoms with Crippen LogP contribution in [0, 0.1) is 0 Å². The van der Waals surface area contributed by atoms with E-state index < -0.39 is 26.5 Å². The molecule has 88 heavy (non-hydrogen) atoms. The summed E-state index contributed by atoms with van der Waals surface area (Å²) in [5.74, 6) is -0.796. The Labute approximate surface area is 544 Å². The van der Waals surface area contributed by atoms with Crippen LogP contribution in [-0.2, 0) is 32.7 Å². The van der Waals surface area contributed by atoms with Crippen LogP contribution >= 0.6 is 7.82 Å². The number of hydrogen-bond acceptors (Lipinski definition) is 7. The van der Waals surface area contributed by atoms with Gasteiger partial charge in [0.05, 0.1) is 27.7 Å². The molecule has 0 rings (SSSR count). The minimum atomic E-state index is -4.40. The molecule has 0 aliphatic heterocycles. The lowest BCUT2D eigenvalue weighted by atomic mass is 10.0. The van der Waals surface area contributed by atoms with E-state index in [0.717, 1.165) is 103 Å². The monoisotopic (exact) mass is 1250 g/mol. The van der Waals surface area contributed by atoms with Crippen molar-refractivity contribution in [3.63, 3.8) is 0 Å². The Balaban J connectivity index is 4.07. The highest BCUT2D eigenvalue weighted by atomic mass is 31.2. The third-order valence-corrected chi connectivity index (χ3v) is 16.8. The summed E-state index contributed by atoms with van der Waals surface area (Å²) < 4.78 is 34.8. The SMILES string of the molecule is CC/C=C\C/C=C\C/C=C\C/C=C\C/C=C\C/C=C\C/C=C\C/C=C\C/C=C\CCCCCCCCCCCC(=O)OC(COC(=O)CCCCCCCCCCCCCCCCCCCCCCCCCCCCC)COP(=O)(O)OCC[N+](C)(C)C. The van der Waals surface area contributed by atoms with Crippen LogP contribution in [0.3, 0.4) is 0 Å². The predicted molar refractivity (Wildman–Crippen MR) is 381 cm³/mol. The lowest BCUT2D eigenvalue weighted by Gasteiger charge is -2.24. The van der Waals surface area contributed by atoms with Gasteiger partial charge >= 0.3 is 19.8 Å². The molecule has 0 aromatic rings. The number of carbonyl (C=O) groups is 2. The topological polar surface area (TPSA) is 108 Å². The Kier molecular flexibility index (Phi) is 65.5. The fourth-order valence-corrected chi connectivity index (χ4v) is 11.0. The van der Waals surface area contributed by atoms with Gasteiger partial charge in [-0.3, -0.25) is 18.6 Å². The number of quaternary nitrogens is 1. The number of allylic oxidation sites excluding steroid dienone is 18. The van der Waals surface area contributed by atoms with Crippen LogP contribution in [0.2, 0.25) is 0 Å². The number of carbonyl (C=O) groups excluding carboxylic acids is 2. The Hall–Kier alpha value is -3.33. The van der Waals surface area contributed by atoms with Crippen molar-refractivity contribution in [2.75, 3.05) is 47.5 Å². The molecule has 0 saturated heterocycles. The van der Waals surface area contributed by atoms with E-state index in [2.05, 4.69) is 123 Å². The van der Waals surface area contributed by atoms with Gasteiger partial charge in [-0.2, -0.15) is 0 Å². The number of likely N-dealkylation sites (N-methyl/N-ethyl adjacent to an activating group) is 1. The zero-order chi connectivity index (χ0) is 64.1. The number of nitrogens with zero attached hydrogens (tertiary/aromatic N) is 1. The van der Waals surface area contributed by atoms with Crippen LogP contribution in [0.1, 0.15) is 322 Å². The van der Waals surface area contributed by atoms with E-state index in [1.165, 1.54) is 186 Å². The summed E-state index contributed by atoms with van der Waals surface area (Å²) in [7, 11) is 1.47. The van der Waals surface area contributed by atoms with Crippen molar-refractivity contribution in [1.82, 2.24) is 0 Å². The molecule has 0 radical (unpaired) electrons. The maximum absolute atomic E-state index is 12.9. The molecule has 0 bridgehead atoms. The van der Waals surface area contributed by atoms with Gasteiger partial charge in [-0.05, 0) is 83.5 Å². The molecule has 0 aromatic carbocycles. The zero-order valence-electron chi connectivity index (χ0n) is 57.9. The van der Waals surface area contributed by atoms with Gasteiger partial charge < -0.3 is 18.9 Å². The average molecular weight is 1250 g/mol.